The van der Waals surface area contributed by atoms with Crippen LogP contribution in [0.15, 0.2) is 54.9 Å². The third-order valence-electron chi connectivity index (χ3n) is 5.94. The zero-order valence-electron chi connectivity index (χ0n) is 17.4. The minimum atomic E-state index is -3.41. The second kappa shape index (κ2) is 7.46. The highest BCUT2D eigenvalue weighted by Gasteiger charge is 2.63. The van der Waals surface area contributed by atoms with Crippen molar-refractivity contribution in [1.82, 2.24) is 15.1 Å². The van der Waals surface area contributed by atoms with Gasteiger partial charge in [0, 0.05) is 23.9 Å². The van der Waals surface area contributed by atoms with E-state index in [-0.39, 0.29) is 24.5 Å². The number of aromatic nitrogens is 2. The third-order valence-corrected chi connectivity index (χ3v) is 5.94. The molecule has 0 unspecified atom stereocenters. The van der Waals surface area contributed by atoms with Crippen LogP contribution in [0.4, 0.5) is 17.6 Å². The highest BCUT2D eigenvalue weighted by Crippen LogP contribution is 2.48. The molecular weight excluding hydrogens is 410 g/mol. The van der Waals surface area contributed by atoms with Crippen molar-refractivity contribution < 1.29 is 22.3 Å². The molecule has 1 saturated heterocycles. The summed E-state index contributed by atoms with van der Waals surface area (Å²) in [6.45, 7) is 4.17. The fourth-order valence-electron chi connectivity index (χ4n) is 3.97. The summed E-state index contributed by atoms with van der Waals surface area (Å²) in [6.07, 6.45) is 3.23. The lowest BCUT2D eigenvalue weighted by molar-refractivity contribution is -0.216. The van der Waals surface area contributed by atoms with Gasteiger partial charge in [-0.2, -0.15) is 5.10 Å². The second-order valence-corrected chi connectivity index (χ2v) is 8.33. The van der Waals surface area contributed by atoms with Gasteiger partial charge in [0.1, 0.15) is 22.8 Å². The summed E-state index contributed by atoms with van der Waals surface area (Å²) >= 11 is 0. The predicted molar refractivity (Wildman–Crippen MR) is 109 cm³/mol. The van der Waals surface area contributed by atoms with Crippen LogP contribution in [0.25, 0.3) is 16.8 Å². The van der Waals surface area contributed by atoms with Crippen LogP contribution in [0.1, 0.15) is 26.3 Å². The molecule has 0 saturated carbocycles. The molecule has 1 aliphatic heterocycles. The van der Waals surface area contributed by atoms with Crippen LogP contribution >= 0.6 is 0 Å². The van der Waals surface area contributed by atoms with Crippen molar-refractivity contribution in [3.05, 3.63) is 72.1 Å². The normalized spacial score (nSPS) is 22.8. The summed E-state index contributed by atoms with van der Waals surface area (Å²) in [5, 5.41) is 7.06. The van der Waals surface area contributed by atoms with Crippen molar-refractivity contribution in [3.8, 4) is 16.8 Å². The molecule has 8 heteroatoms. The first-order valence-electron chi connectivity index (χ1n) is 9.93. The molecule has 2 heterocycles. The topological polar surface area (TPSA) is 39.1 Å². The number of hydrogen-bond acceptors (Lipinski definition) is 3. The maximum atomic E-state index is 15.5. The Morgan fingerprint density at radius 2 is 1.71 bits per heavy atom. The number of nitrogens with one attached hydrogen (secondary N) is 1. The van der Waals surface area contributed by atoms with Gasteiger partial charge in [0.05, 0.1) is 18.5 Å². The molecule has 4 rings (SSSR count). The number of halogens is 4. The Kier molecular flexibility index (Phi) is 5.18. The van der Waals surface area contributed by atoms with Crippen molar-refractivity contribution in [3.63, 3.8) is 0 Å². The van der Waals surface area contributed by atoms with E-state index in [1.165, 1.54) is 55.8 Å². The summed E-state index contributed by atoms with van der Waals surface area (Å²) in [7, 11) is 0. The van der Waals surface area contributed by atoms with Crippen molar-refractivity contribution in [2.24, 2.45) is 0 Å². The highest BCUT2D eigenvalue weighted by molar-refractivity contribution is 5.64. The van der Waals surface area contributed by atoms with E-state index >= 15 is 8.78 Å². The number of alkyl halides is 2. The molecule has 1 aromatic heterocycles. The number of benzene rings is 2. The van der Waals surface area contributed by atoms with Gasteiger partial charge in [-0.3, -0.25) is 0 Å². The smallest absolute Gasteiger partial charge is 0.297 e. The summed E-state index contributed by atoms with van der Waals surface area (Å²) in [5.41, 5.74) is -2.14. The van der Waals surface area contributed by atoms with Gasteiger partial charge < -0.3 is 10.1 Å². The lowest BCUT2D eigenvalue weighted by Crippen LogP contribution is -2.61. The molecule has 164 valence electrons. The quantitative estimate of drug-likeness (QED) is 0.587. The van der Waals surface area contributed by atoms with E-state index < -0.39 is 22.9 Å². The fraction of sp³-hybridized carbons (Fsp3) is 0.348. The molecule has 3 aromatic rings. The van der Waals surface area contributed by atoms with Gasteiger partial charge in [-0.1, -0.05) is 6.07 Å². The Hall–Kier alpha value is -2.71. The van der Waals surface area contributed by atoms with Crippen LogP contribution in [-0.2, 0) is 10.3 Å². The minimum absolute atomic E-state index is 0.0872. The molecule has 0 aliphatic carbocycles. The maximum Gasteiger partial charge on any atom is 0.297 e. The van der Waals surface area contributed by atoms with E-state index in [1.807, 2.05) is 0 Å². The van der Waals surface area contributed by atoms with Crippen molar-refractivity contribution >= 4 is 0 Å². The lowest BCUT2D eigenvalue weighted by atomic mass is 9.77. The van der Waals surface area contributed by atoms with Crippen LogP contribution < -0.4 is 5.32 Å². The van der Waals surface area contributed by atoms with E-state index in [9.17, 15) is 8.78 Å². The molecule has 0 amide bonds. The number of nitrogens with zero attached hydrogens (tertiary/aromatic N) is 2. The van der Waals surface area contributed by atoms with Gasteiger partial charge in [-0.05, 0) is 62.7 Å². The fourth-order valence-corrected chi connectivity index (χ4v) is 3.97. The van der Waals surface area contributed by atoms with Gasteiger partial charge >= 0.3 is 0 Å². The van der Waals surface area contributed by atoms with Gasteiger partial charge in [0.25, 0.3) is 5.92 Å². The Labute approximate surface area is 177 Å². The zero-order valence-corrected chi connectivity index (χ0v) is 17.4. The van der Waals surface area contributed by atoms with Crippen LogP contribution in [-0.4, -0.2) is 34.5 Å². The van der Waals surface area contributed by atoms with Crippen LogP contribution in [0, 0.1) is 11.6 Å². The Balaban J connectivity index is 1.77. The van der Waals surface area contributed by atoms with Crippen molar-refractivity contribution in [1.29, 1.82) is 0 Å². The molecular formula is C23H23F4N3O. The van der Waals surface area contributed by atoms with Crippen LogP contribution in [0.5, 0.6) is 0 Å². The summed E-state index contributed by atoms with van der Waals surface area (Å²) in [4.78, 5) is 0. The van der Waals surface area contributed by atoms with Crippen LogP contribution in [0.2, 0.25) is 0 Å². The molecule has 4 nitrogen and oxygen atoms in total. The number of ether oxygens (including phenoxy) is 1. The molecule has 1 aliphatic rings. The Morgan fingerprint density at radius 1 is 1.00 bits per heavy atom. The molecule has 2 aromatic carbocycles. The standard InChI is InChI=1S/C23H23F4N3O/c1-21(2)23(26,27)22(3,28-10-11-31-21)19-12-15(4-9-20(19)25)16-13-29-30(14-16)18-7-5-17(24)6-8-18/h4-9,12-14,28H,10-11H2,1-3H3/t22-/m1/s1. The van der Waals surface area contributed by atoms with E-state index in [1.54, 1.807) is 24.5 Å². The maximum absolute atomic E-state index is 15.5. The molecule has 1 N–H and O–H groups in total. The summed E-state index contributed by atoms with van der Waals surface area (Å²) in [6, 6.07) is 9.90. The highest BCUT2D eigenvalue weighted by atomic mass is 19.3. The van der Waals surface area contributed by atoms with E-state index in [0.717, 1.165) is 0 Å². The first-order valence-corrected chi connectivity index (χ1v) is 9.93. The van der Waals surface area contributed by atoms with E-state index in [0.29, 0.717) is 16.8 Å². The van der Waals surface area contributed by atoms with Crippen LogP contribution in [0.3, 0.4) is 0 Å². The van der Waals surface area contributed by atoms with Crippen molar-refractivity contribution in [2.75, 3.05) is 13.2 Å². The van der Waals surface area contributed by atoms with Crippen molar-refractivity contribution in [2.45, 2.75) is 37.8 Å². The van der Waals surface area contributed by atoms with Gasteiger partial charge in [-0.15, -0.1) is 0 Å². The Morgan fingerprint density at radius 3 is 2.42 bits per heavy atom. The SMILES string of the molecule is CC1(C)OCCN[C@](C)(c2cc(-c3cnn(-c4ccc(F)cc4)c3)ccc2F)C1(F)F. The molecule has 1 fully saturated rings. The molecule has 0 spiro atoms. The first-order chi connectivity index (χ1) is 14.5. The summed E-state index contributed by atoms with van der Waals surface area (Å²) < 4.78 is 66.0. The largest absolute Gasteiger partial charge is 0.368 e. The van der Waals surface area contributed by atoms with E-state index in [4.69, 9.17) is 4.74 Å². The minimum Gasteiger partial charge on any atom is -0.368 e. The number of rotatable bonds is 3. The second-order valence-electron chi connectivity index (χ2n) is 8.33. The zero-order chi connectivity index (χ0) is 22.4. The Bertz CT molecular complexity index is 1090. The summed E-state index contributed by atoms with van der Waals surface area (Å²) in [5.74, 6) is -4.51. The molecule has 0 radical (unpaired) electrons. The lowest BCUT2D eigenvalue weighted by Gasteiger charge is -2.44. The predicted octanol–water partition coefficient (Wildman–Crippen LogP) is 5.07. The number of hydrogen-bond donors (Lipinski definition) is 1. The molecule has 31 heavy (non-hydrogen) atoms. The molecule has 0 bridgehead atoms. The monoisotopic (exact) mass is 433 g/mol. The van der Waals surface area contributed by atoms with Gasteiger partial charge in [0.2, 0.25) is 0 Å². The van der Waals surface area contributed by atoms with Gasteiger partial charge in [0.15, 0.2) is 0 Å². The average Bonchev–Trinajstić information content (AvgIpc) is 3.19. The molecule has 1 atom stereocenters. The first kappa shape index (κ1) is 21.5. The third kappa shape index (κ3) is 3.53. The van der Waals surface area contributed by atoms with E-state index in [2.05, 4.69) is 10.4 Å². The average molecular weight is 433 g/mol. The van der Waals surface area contributed by atoms with Gasteiger partial charge in [-0.25, -0.2) is 22.2 Å².